The maximum absolute atomic E-state index is 12.4. The van der Waals surface area contributed by atoms with Crippen LogP contribution in [0.3, 0.4) is 0 Å². The van der Waals surface area contributed by atoms with Gasteiger partial charge in [0.25, 0.3) is 0 Å². The Bertz CT molecular complexity index is 996. The Labute approximate surface area is 232 Å². The summed E-state index contributed by atoms with van der Waals surface area (Å²) < 4.78 is 0. The summed E-state index contributed by atoms with van der Waals surface area (Å²) in [5.41, 5.74) is 3.72. The molecule has 1 aliphatic carbocycles. The molecule has 4 aliphatic rings. The van der Waals surface area contributed by atoms with Gasteiger partial charge in [-0.2, -0.15) is 0 Å². The molecular formula is C22H34ClN5O8Ru. The number of ketones is 2. The van der Waals surface area contributed by atoms with E-state index in [-0.39, 0.29) is 76.3 Å². The second-order valence-electron chi connectivity index (χ2n) is 7.31. The van der Waals surface area contributed by atoms with Gasteiger partial charge in [-0.15, -0.1) is 12.4 Å². The number of allylic oxidation sites excluding steroid dienone is 1. The van der Waals surface area contributed by atoms with Crippen molar-refractivity contribution >= 4 is 24.0 Å². The zero-order chi connectivity index (χ0) is 19.8. The van der Waals surface area contributed by atoms with Crippen molar-refractivity contribution in [3.05, 3.63) is 72.0 Å². The molecule has 0 unspecified atom stereocenters. The molecule has 3 saturated heterocycles. The van der Waals surface area contributed by atoms with Crippen molar-refractivity contribution in [3.63, 3.8) is 0 Å². The van der Waals surface area contributed by atoms with E-state index in [0.29, 0.717) is 17.1 Å². The van der Waals surface area contributed by atoms with Crippen molar-refractivity contribution in [2.45, 2.75) is 0 Å². The molecule has 3 fully saturated rings. The fourth-order valence-electron chi connectivity index (χ4n) is 3.30. The molecule has 5 heterocycles. The maximum atomic E-state index is 12.4. The van der Waals surface area contributed by atoms with Gasteiger partial charge in [0.2, 0.25) is 11.6 Å². The van der Waals surface area contributed by atoms with Gasteiger partial charge in [0.1, 0.15) is 11.4 Å². The first-order chi connectivity index (χ1) is 14.2. The van der Waals surface area contributed by atoms with Crippen LogP contribution < -0.4 is 0 Å². The van der Waals surface area contributed by atoms with Crippen LogP contribution in [0.25, 0.3) is 11.4 Å². The van der Waals surface area contributed by atoms with Crippen LogP contribution in [0.1, 0.15) is 0 Å². The summed E-state index contributed by atoms with van der Waals surface area (Å²) in [6, 6.07) is 11.6. The third kappa shape index (κ3) is 9.54. The SMILES string of the molecule is Cl.O.O.O.O.O.O.O=C1C=C(N2CC2)C(=O)C(N2CC2)=C1N1CC1.[Ru].c1ccc(-c2ccccn2)nc1. The zero-order valence-electron chi connectivity index (χ0n) is 19.8. The third-order valence-corrected chi connectivity index (χ3v) is 5.08. The number of nitrogens with zero attached hydrogens (tertiary/aromatic N) is 5. The van der Waals surface area contributed by atoms with Crippen LogP contribution in [-0.2, 0) is 29.1 Å². The topological polar surface area (TPSA) is 258 Å². The average Bonchev–Trinajstić information content (AvgIpc) is 3.60. The number of rotatable bonds is 4. The van der Waals surface area contributed by atoms with Gasteiger partial charge in [0, 0.05) is 77.2 Å². The Morgan fingerprint density at radius 2 is 1.00 bits per heavy atom. The summed E-state index contributed by atoms with van der Waals surface area (Å²) in [4.78, 5) is 38.8. The van der Waals surface area contributed by atoms with E-state index in [0.717, 1.165) is 50.7 Å². The van der Waals surface area contributed by atoms with Crippen LogP contribution in [0.4, 0.5) is 0 Å². The molecule has 0 amide bonds. The van der Waals surface area contributed by atoms with Gasteiger partial charge in [0.05, 0.1) is 17.1 Å². The molecule has 2 aromatic heterocycles. The third-order valence-electron chi connectivity index (χ3n) is 5.08. The van der Waals surface area contributed by atoms with Crippen LogP contribution in [0.5, 0.6) is 0 Å². The Morgan fingerprint density at radius 3 is 1.35 bits per heavy atom. The molecule has 0 atom stereocenters. The minimum atomic E-state index is 0. The predicted octanol–water partition coefficient (Wildman–Crippen LogP) is -3.20. The Hall–Kier alpha value is -2.81. The van der Waals surface area contributed by atoms with Crippen LogP contribution >= 0.6 is 12.4 Å². The van der Waals surface area contributed by atoms with E-state index in [1.165, 1.54) is 6.08 Å². The number of carbonyl (C=O) groups excluding carboxylic acids is 2. The van der Waals surface area contributed by atoms with E-state index < -0.39 is 0 Å². The van der Waals surface area contributed by atoms with E-state index in [1.54, 1.807) is 12.4 Å². The number of carbonyl (C=O) groups is 2. The van der Waals surface area contributed by atoms with Crippen LogP contribution in [0.2, 0.25) is 0 Å². The standard InChI is InChI=1S/C12H13N3O2.C10H8N2.ClH.6H2O.Ru/c16-9-7-8(13-1-2-13)12(17)11(15-5-6-15)10(9)14-3-4-14;1-3-7-11-9(5-1)10-6-2-4-8-12-10;;;;;;;;/h7H,1-6H2;1-8H;1H;6*1H2;. The van der Waals surface area contributed by atoms with Crippen molar-refractivity contribution in [1.29, 1.82) is 0 Å². The molecule has 37 heavy (non-hydrogen) atoms. The molecule has 0 saturated carbocycles. The molecule has 0 radical (unpaired) electrons. The second-order valence-corrected chi connectivity index (χ2v) is 7.31. The van der Waals surface area contributed by atoms with E-state index in [1.807, 2.05) is 51.1 Å². The summed E-state index contributed by atoms with van der Waals surface area (Å²) in [5.74, 6) is 0.0485. The zero-order valence-corrected chi connectivity index (χ0v) is 22.3. The largest absolute Gasteiger partial charge is 0.412 e. The molecule has 13 nitrogen and oxygen atoms in total. The van der Waals surface area contributed by atoms with Crippen molar-refractivity contribution in [2.24, 2.45) is 0 Å². The Kier molecular flexibility index (Phi) is 19.7. The molecule has 0 aromatic carbocycles. The molecular weight excluding hydrogens is 599 g/mol. The Morgan fingerprint density at radius 1 is 0.595 bits per heavy atom. The van der Waals surface area contributed by atoms with Gasteiger partial charge in [-0.1, -0.05) is 12.1 Å². The van der Waals surface area contributed by atoms with Crippen LogP contribution in [-0.4, -0.2) is 108 Å². The van der Waals surface area contributed by atoms with Gasteiger partial charge in [-0.05, 0) is 24.3 Å². The van der Waals surface area contributed by atoms with Gasteiger partial charge < -0.3 is 47.6 Å². The van der Waals surface area contributed by atoms with Gasteiger partial charge >= 0.3 is 0 Å². The monoisotopic (exact) mass is 633 g/mol. The normalized spacial score (nSPS) is 15.4. The molecule has 6 rings (SSSR count). The Balaban J connectivity index is -0.000000251. The molecule has 210 valence electrons. The first-order valence-corrected chi connectivity index (χ1v) is 9.84. The number of aromatic nitrogens is 2. The first-order valence-electron chi connectivity index (χ1n) is 9.84. The van der Waals surface area contributed by atoms with Crippen LogP contribution in [0, 0.1) is 0 Å². The van der Waals surface area contributed by atoms with E-state index >= 15 is 0 Å². The van der Waals surface area contributed by atoms with Crippen molar-refractivity contribution in [3.8, 4) is 11.4 Å². The fourth-order valence-corrected chi connectivity index (χ4v) is 3.30. The number of hydrogen-bond acceptors (Lipinski definition) is 7. The quantitative estimate of drug-likeness (QED) is 0.189. The van der Waals surface area contributed by atoms with Crippen molar-refractivity contribution in [1.82, 2.24) is 24.7 Å². The number of halogens is 1. The van der Waals surface area contributed by atoms with Crippen molar-refractivity contribution < 1.29 is 61.9 Å². The summed E-state index contributed by atoms with van der Waals surface area (Å²) in [5, 5.41) is 0. The summed E-state index contributed by atoms with van der Waals surface area (Å²) in [6.45, 7) is 5.41. The smallest absolute Gasteiger partial charge is 0.227 e. The molecule has 2 aromatic rings. The minimum absolute atomic E-state index is 0. The maximum Gasteiger partial charge on any atom is 0.227 e. The molecule has 0 bridgehead atoms. The summed E-state index contributed by atoms with van der Waals surface area (Å²) in [6.07, 6.45) is 5.06. The molecule has 0 spiro atoms. The molecule has 12 N–H and O–H groups in total. The summed E-state index contributed by atoms with van der Waals surface area (Å²) in [7, 11) is 0. The summed E-state index contributed by atoms with van der Waals surface area (Å²) >= 11 is 0. The van der Waals surface area contributed by atoms with Gasteiger partial charge in [-0.25, -0.2) is 0 Å². The number of hydrogen-bond donors (Lipinski definition) is 0. The predicted molar refractivity (Wildman–Crippen MR) is 136 cm³/mol. The average molecular weight is 633 g/mol. The van der Waals surface area contributed by atoms with Gasteiger partial charge in [-0.3, -0.25) is 19.6 Å². The molecule has 3 aliphatic heterocycles. The van der Waals surface area contributed by atoms with E-state index in [4.69, 9.17) is 0 Å². The van der Waals surface area contributed by atoms with Crippen molar-refractivity contribution in [2.75, 3.05) is 39.3 Å². The van der Waals surface area contributed by atoms with E-state index in [2.05, 4.69) is 9.97 Å². The fraction of sp³-hybridized carbons (Fsp3) is 0.273. The minimum Gasteiger partial charge on any atom is -0.412 e. The number of pyridine rings is 2. The number of Topliss-reactive ketones (excluding diaryl/α,β-unsaturated/α-hetero) is 1. The van der Waals surface area contributed by atoms with Gasteiger partial charge in [0.15, 0.2) is 0 Å². The second kappa shape index (κ2) is 17.6. The van der Waals surface area contributed by atoms with Crippen LogP contribution in [0.15, 0.2) is 72.0 Å². The van der Waals surface area contributed by atoms with E-state index in [9.17, 15) is 9.59 Å². The molecule has 15 heteroatoms. The first kappa shape index (κ1) is 41.3.